The van der Waals surface area contributed by atoms with Crippen LogP contribution in [0.15, 0.2) is 24.3 Å². The number of halogens is 1. The van der Waals surface area contributed by atoms with Crippen molar-refractivity contribution in [1.82, 2.24) is 0 Å². The number of hydrogen-bond acceptors (Lipinski definition) is 4. The average molecular weight is 417 g/mol. The van der Waals surface area contributed by atoms with Crippen molar-refractivity contribution >= 4 is 34.8 Å². The lowest BCUT2D eigenvalue weighted by molar-refractivity contribution is -0.166. The van der Waals surface area contributed by atoms with E-state index >= 15 is 0 Å². The molecule has 3 unspecified atom stereocenters. The maximum atomic E-state index is 12.8. The van der Waals surface area contributed by atoms with Crippen LogP contribution in [0.1, 0.15) is 53.5 Å². The maximum Gasteiger partial charge on any atom is 0.245 e. The van der Waals surface area contributed by atoms with Crippen LogP contribution in [-0.2, 0) is 26.1 Å². The number of benzene rings is 1. The third-order valence-corrected chi connectivity index (χ3v) is 7.36. The van der Waals surface area contributed by atoms with Gasteiger partial charge in [0.05, 0.1) is 6.10 Å². The maximum absolute atomic E-state index is 12.8. The lowest BCUT2D eigenvalue weighted by atomic mass is 9.54. The van der Waals surface area contributed by atoms with E-state index < -0.39 is 21.8 Å². The number of anilines is 1. The quantitative estimate of drug-likeness (QED) is 0.741. The van der Waals surface area contributed by atoms with Crippen LogP contribution < -0.4 is 11.1 Å². The number of ether oxygens (including phenoxy) is 1. The Labute approximate surface area is 171 Å². The third kappa shape index (κ3) is 4.91. The first-order valence-corrected chi connectivity index (χ1v) is 10.4. The highest BCUT2D eigenvalue weighted by Gasteiger charge is 2.62. The molecule has 1 aliphatic carbocycles. The van der Waals surface area contributed by atoms with Crippen LogP contribution in [0.2, 0.25) is 0 Å². The van der Waals surface area contributed by atoms with Crippen LogP contribution in [0.4, 0.5) is 5.69 Å². The van der Waals surface area contributed by atoms with Crippen molar-refractivity contribution in [1.29, 1.82) is 0 Å². The highest BCUT2D eigenvalue weighted by molar-refractivity contribution is 7.85. The molecule has 1 aliphatic rings. The third-order valence-electron chi connectivity index (χ3n) is 5.40. The number of rotatable bonds is 6. The SMILES string of the molecule is CCOC1CC(N)(C(=O)Nc2cccc(CS(=O)C(C)(C)C)c2)C1(C)C.Cl. The van der Waals surface area contributed by atoms with Gasteiger partial charge < -0.3 is 15.8 Å². The van der Waals surface area contributed by atoms with Crippen molar-refractivity contribution in [2.24, 2.45) is 11.1 Å². The molecule has 0 spiro atoms. The van der Waals surface area contributed by atoms with Gasteiger partial charge in [0.15, 0.2) is 0 Å². The Bertz CT molecular complexity index is 703. The monoisotopic (exact) mass is 416 g/mol. The molecule has 154 valence electrons. The van der Waals surface area contributed by atoms with Gasteiger partial charge in [0.2, 0.25) is 5.91 Å². The van der Waals surface area contributed by atoms with E-state index in [9.17, 15) is 9.00 Å². The minimum absolute atomic E-state index is 0. The van der Waals surface area contributed by atoms with E-state index in [1.165, 1.54) is 0 Å². The zero-order valence-electron chi connectivity index (χ0n) is 17.1. The first-order valence-electron chi connectivity index (χ1n) is 9.11. The summed E-state index contributed by atoms with van der Waals surface area (Å²) in [6, 6.07) is 7.49. The lowest BCUT2D eigenvalue weighted by Crippen LogP contribution is -2.74. The average Bonchev–Trinajstić information content (AvgIpc) is 2.53. The molecular formula is C20H33ClN2O3S. The van der Waals surface area contributed by atoms with Gasteiger partial charge in [0, 0.05) is 45.4 Å². The number of carbonyl (C=O) groups excluding carboxylic acids is 1. The Morgan fingerprint density at radius 1 is 1.37 bits per heavy atom. The van der Waals surface area contributed by atoms with Crippen LogP contribution in [0, 0.1) is 5.41 Å². The van der Waals surface area contributed by atoms with E-state index in [2.05, 4.69) is 5.32 Å². The van der Waals surface area contributed by atoms with E-state index in [4.69, 9.17) is 10.5 Å². The highest BCUT2D eigenvalue weighted by Crippen LogP contribution is 2.50. The molecule has 0 aliphatic heterocycles. The van der Waals surface area contributed by atoms with Crippen molar-refractivity contribution in [2.45, 2.75) is 70.1 Å². The molecule has 1 fully saturated rings. The Hall–Kier alpha value is -0.950. The van der Waals surface area contributed by atoms with Gasteiger partial charge in [0.25, 0.3) is 0 Å². The minimum Gasteiger partial charge on any atom is -0.378 e. The molecule has 1 amide bonds. The van der Waals surface area contributed by atoms with Crippen molar-refractivity contribution in [2.75, 3.05) is 11.9 Å². The number of amides is 1. The molecular weight excluding hydrogens is 384 g/mol. The van der Waals surface area contributed by atoms with Crippen molar-refractivity contribution < 1.29 is 13.7 Å². The second-order valence-corrected chi connectivity index (χ2v) is 10.8. The molecule has 5 nitrogen and oxygen atoms in total. The smallest absolute Gasteiger partial charge is 0.245 e. The normalized spacial score (nSPS) is 25.1. The van der Waals surface area contributed by atoms with Crippen LogP contribution in [0.25, 0.3) is 0 Å². The van der Waals surface area contributed by atoms with E-state index in [0.29, 0.717) is 24.5 Å². The summed E-state index contributed by atoms with van der Waals surface area (Å²) in [6.07, 6.45) is 0.497. The van der Waals surface area contributed by atoms with Gasteiger partial charge in [-0.15, -0.1) is 12.4 Å². The number of carbonyl (C=O) groups is 1. The molecule has 0 heterocycles. The zero-order valence-corrected chi connectivity index (χ0v) is 18.8. The molecule has 1 aromatic rings. The first kappa shape index (κ1) is 24.1. The summed E-state index contributed by atoms with van der Waals surface area (Å²) in [5.74, 6) is 0.256. The Kier molecular flexibility index (Phi) is 7.67. The molecule has 7 heteroatoms. The molecule has 1 aromatic carbocycles. The molecule has 27 heavy (non-hydrogen) atoms. The van der Waals surface area contributed by atoms with E-state index in [1.807, 2.05) is 65.8 Å². The summed E-state index contributed by atoms with van der Waals surface area (Å²) < 4.78 is 17.8. The number of nitrogens with two attached hydrogens (primary N) is 1. The van der Waals surface area contributed by atoms with Gasteiger partial charge in [-0.05, 0) is 45.4 Å². The molecule has 0 saturated heterocycles. The second kappa shape index (κ2) is 8.60. The van der Waals surface area contributed by atoms with Gasteiger partial charge in [-0.25, -0.2) is 0 Å². The fourth-order valence-electron chi connectivity index (χ4n) is 3.17. The summed E-state index contributed by atoms with van der Waals surface area (Å²) in [6.45, 7) is 12.4. The fraction of sp³-hybridized carbons (Fsp3) is 0.650. The predicted molar refractivity (Wildman–Crippen MR) is 115 cm³/mol. The van der Waals surface area contributed by atoms with Gasteiger partial charge in [-0.1, -0.05) is 26.0 Å². The largest absolute Gasteiger partial charge is 0.378 e. The van der Waals surface area contributed by atoms with Crippen LogP contribution in [-0.4, -0.2) is 33.1 Å². The molecule has 0 radical (unpaired) electrons. The lowest BCUT2D eigenvalue weighted by Gasteiger charge is -2.57. The number of hydrogen-bond donors (Lipinski definition) is 2. The molecule has 2 rings (SSSR count). The van der Waals surface area contributed by atoms with Gasteiger partial charge in [-0.2, -0.15) is 0 Å². The topological polar surface area (TPSA) is 81.4 Å². The van der Waals surface area contributed by atoms with Crippen molar-refractivity contribution in [3.63, 3.8) is 0 Å². The van der Waals surface area contributed by atoms with Gasteiger partial charge in [0.1, 0.15) is 5.54 Å². The summed E-state index contributed by atoms with van der Waals surface area (Å²) in [5.41, 5.74) is 6.65. The van der Waals surface area contributed by atoms with E-state index in [0.717, 1.165) is 5.56 Å². The van der Waals surface area contributed by atoms with E-state index in [1.54, 1.807) is 0 Å². The summed E-state index contributed by atoms with van der Waals surface area (Å²) in [4.78, 5) is 12.8. The zero-order chi connectivity index (χ0) is 19.8. The summed E-state index contributed by atoms with van der Waals surface area (Å²) in [5, 5.41) is 2.94. The Morgan fingerprint density at radius 3 is 2.52 bits per heavy atom. The fourth-order valence-corrected chi connectivity index (χ4v) is 4.09. The molecule has 1 saturated carbocycles. The molecule has 3 atom stereocenters. The Morgan fingerprint density at radius 2 is 2.00 bits per heavy atom. The van der Waals surface area contributed by atoms with Crippen molar-refractivity contribution in [3.05, 3.63) is 29.8 Å². The summed E-state index contributed by atoms with van der Waals surface area (Å²) in [7, 11) is -0.990. The highest BCUT2D eigenvalue weighted by atomic mass is 35.5. The molecule has 0 aromatic heterocycles. The first-order chi connectivity index (χ1) is 11.9. The van der Waals surface area contributed by atoms with Crippen LogP contribution >= 0.6 is 12.4 Å². The minimum atomic E-state index is -0.990. The predicted octanol–water partition coefficient (Wildman–Crippen LogP) is 3.63. The second-order valence-electron chi connectivity index (χ2n) is 8.60. The van der Waals surface area contributed by atoms with Crippen LogP contribution in [0.5, 0.6) is 0 Å². The summed E-state index contributed by atoms with van der Waals surface area (Å²) >= 11 is 0. The van der Waals surface area contributed by atoms with E-state index in [-0.39, 0.29) is 29.2 Å². The van der Waals surface area contributed by atoms with Crippen molar-refractivity contribution in [3.8, 4) is 0 Å². The molecule has 3 N–H and O–H groups in total. The molecule has 0 bridgehead atoms. The Balaban J connectivity index is 0.00000364. The standard InChI is InChI=1S/C20H32N2O3S.ClH/c1-7-25-16-12-20(21,19(16,5)6)17(23)22-15-10-8-9-14(11-15)13-26(24)18(2,3)4;/h8-11,16H,7,12-13,21H2,1-6H3,(H,22,23);1H. The van der Waals surface area contributed by atoms with Gasteiger partial charge >= 0.3 is 0 Å². The number of nitrogens with one attached hydrogen (secondary N) is 1. The van der Waals surface area contributed by atoms with Gasteiger partial charge in [-0.3, -0.25) is 9.00 Å². The van der Waals surface area contributed by atoms with Crippen LogP contribution in [0.3, 0.4) is 0 Å².